The molecular weight excluding hydrogens is 532 g/mol. The summed E-state index contributed by atoms with van der Waals surface area (Å²) in [6, 6.07) is 8.79. The van der Waals surface area contributed by atoms with E-state index in [4.69, 9.17) is 14.7 Å². The van der Waals surface area contributed by atoms with Gasteiger partial charge in [-0.2, -0.15) is 18.4 Å². The van der Waals surface area contributed by atoms with Crippen LogP contribution in [0.2, 0.25) is 0 Å². The first-order chi connectivity index (χ1) is 19.0. The van der Waals surface area contributed by atoms with Crippen molar-refractivity contribution in [2.45, 2.75) is 44.1 Å². The van der Waals surface area contributed by atoms with Gasteiger partial charge in [-0.25, -0.2) is 24.3 Å². The quantitative estimate of drug-likeness (QED) is 0.329. The zero-order valence-corrected chi connectivity index (χ0v) is 21.5. The maximum absolute atomic E-state index is 15.2. The van der Waals surface area contributed by atoms with Crippen LogP contribution in [0.4, 0.5) is 17.6 Å². The number of alkyl halides is 3. The lowest BCUT2D eigenvalue weighted by Gasteiger charge is -2.33. The highest BCUT2D eigenvalue weighted by Gasteiger charge is 2.38. The fourth-order valence-electron chi connectivity index (χ4n) is 4.87. The lowest BCUT2D eigenvalue weighted by atomic mass is 9.88. The van der Waals surface area contributed by atoms with E-state index in [1.165, 1.54) is 19.2 Å². The molecule has 0 amide bonds. The van der Waals surface area contributed by atoms with Crippen molar-refractivity contribution < 1.29 is 27.0 Å². The van der Waals surface area contributed by atoms with E-state index in [1.54, 1.807) is 18.3 Å². The lowest BCUT2D eigenvalue weighted by Crippen LogP contribution is -2.30. The third-order valence-electron chi connectivity index (χ3n) is 6.77. The standard InChI is InChI=1S/C27H22F4N6O3/c1-13-8-16(10-19(40-13)15-6-7-33-20(11-15)39-3)24-34-21(17-5-4-14(12-32)9-18(17)28)22-23(35-24)25(38)37(2)26(36-22)27(29,30)31/h4-7,9,11,13,16,19H,8,10H2,1-3H3. The van der Waals surface area contributed by atoms with Crippen LogP contribution in [-0.2, 0) is 18.0 Å². The average Bonchev–Trinajstić information content (AvgIpc) is 2.93. The molecule has 3 aromatic heterocycles. The monoisotopic (exact) mass is 554 g/mol. The summed E-state index contributed by atoms with van der Waals surface area (Å²) in [5.41, 5.74) is -1.60. The van der Waals surface area contributed by atoms with Gasteiger partial charge >= 0.3 is 6.18 Å². The molecule has 0 N–H and O–H groups in total. The number of halogens is 4. The highest BCUT2D eigenvalue weighted by Crippen LogP contribution is 2.41. The summed E-state index contributed by atoms with van der Waals surface area (Å²) in [6.45, 7) is 1.86. The minimum Gasteiger partial charge on any atom is -0.481 e. The van der Waals surface area contributed by atoms with Crippen molar-refractivity contribution in [2.24, 2.45) is 7.05 Å². The number of benzene rings is 1. The number of aromatic nitrogens is 5. The second-order valence-corrected chi connectivity index (χ2v) is 9.47. The van der Waals surface area contributed by atoms with Crippen molar-refractivity contribution in [1.82, 2.24) is 24.5 Å². The molecule has 206 valence electrons. The van der Waals surface area contributed by atoms with E-state index < -0.39 is 40.9 Å². The summed E-state index contributed by atoms with van der Waals surface area (Å²) in [5.74, 6) is -2.23. The van der Waals surface area contributed by atoms with Crippen molar-refractivity contribution in [3.63, 3.8) is 0 Å². The smallest absolute Gasteiger partial charge is 0.449 e. The molecule has 40 heavy (non-hydrogen) atoms. The summed E-state index contributed by atoms with van der Waals surface area (Å²) < 4.78 is 68.1. The van der Waals surface area contributed by atoms with Gasteiger partial charge in [0.15, 0.2) is 5.52 Å². The molecule has 0 radical (unpaired) electrons. The van der Waals surface area contributed by atoms with Crippen molar-refractivity contribution in [1.29, 1.82) is 5.26 Å². The Morgan fingerprint density at radius 1 is 1.12 bits per heavy atom. The molecule has 1 aromatic carbocycles. The molecular formula is C27H22F4N6O3. The Hall–Kier alpha value is -4.44. The van der Waals surface area contributed by atoms with Gasteiger partial charge in [0.1, 0.15) is 22.9 Å². The van der Waals surface area contributed by atoms with Crippen LogP contribution in [0.3, 0.4) is 0 Å². The third-order valence-corrected chi connectivity index (χ3v) is 6.77. The van der Waals surface area contributed by atoms with Crippen LogP contribution >= 0.6 is 0 Å². The molecule has 0 saturated carbocycles. The molecule has 1 fully saturated rings. The number of nitriles is 1. The molecule has 9 nitrogen and oxygen atoms in total. The molecule has 4 heterocycles. The fourth-order valence-corrected chi connectivity index (χ4v) is 4.87. The Labute approximate surface area is 225 Å². The minimum absolute atomic E-state index is 0.00793. The van der Waals surface area contributed by atoms with Gasteiger partial charge in [-0.3, -0.25) is 9.36 Å². The van der Waals surface area contributed by atoms with E-state index in [0.29, 0.717) is 23.3 Å². The van der Waals surface area contributed by atoms with Crippen molar-refractivity contribution in [3.8, 4) is 23.2 Å². The van der Waals surface area contributed by atoms with Gasteiger partial charge in [0.25, 0.3) is 5.56 Å². The van der Waals surface area contributed by atoms with Gasteiger partial charge in [0.05, 0.1) is 31.0 Å². The topological polar surface area (TPSA) is 116 Å². The van der Waals surface area contributed by atoms with E-state index in [1.807, 2.05) is 13.0 Å². The summed E-state index contributed by atoms with van der Waals surface area (Å²) >= 11 is 0. The van der Waals surface area contributed by atoms with Crippen molar-refractivity contribution in [2.75, 3.05) is 7.11 Å². The van der Waals surface area contributed by atoms with Crippen molar-refractivity contribution >= 4 is 11.0 Å². The number of methoxy groups -OCH3 is 1. The van der Waals surface area contributed by atoms with Crippen LogP contribution in [-0.4, -0.2) is 37.7 Å². The highest BCUT2D eigenvalue weighted by molar-refractivity contribution is 5.88. The molecule has 3 unspecified atom stereocenters. The zero-order chi connectivity index (χ0) is 28.8. The predicted molar refractivity (Wildman–Crippen MR) is 134 cm³/mol. The zero-order valence-electron chi connectivity index (χ0n) is 21.5. The Balaban J connectivity index is 1.71. The van der Waals surface area contributed by atoms with Gasteiger partial charge in [0.2, 0.25) is 11.7 Å². The first kappa shape index (κ1) is 27.1. The van der Waals surface area contributed by atoms with Gasteiger partial charge < -0.3 is 9.47 Å². The van der Waals surface area contributed by atoms with Crippen LogP contribution in [0.1, 0.15) is 54.6 Å². The van der Waals surface area contributed by atoms with E-state index in [0.717, 1.165) is 18.7 Å². The fraction of sp³-hybridized carbons (Fsp3) is 0.333. The molecule has 1 aliphatic heterocycles. The maximum atomic E-state index is 15.2. The molecule has 0 spiro atoms. The highest BCUT2D eigenvalue weighted by atomic mass is 19.4. The van der Waals surface area contributed by atoms with Crippen molar-refractivity contribution in [3.05, 3.63) is 75.5 Å². The first-order valence-electron chi connectivity index (χ1n) is 12.2. The summed E-state index contributed by atoms with van der Waals surface area (Å²) in [4.78, 5) is 29.8. The van der Waals surface area contributed by atoms with Crippen LogP contribution in [0.5, 0.6) is 5.88 Å². The number of nitrogens with zero attached hydrogens (tertiary/aromatic N) is 6. The van der Waals surface area contributed by atoms with E-state index >= 15 is 4.39 Å². The molecule has 13 heteroatoms. The Bertz CT molecular complexity index is 1720. The number of hydrogen-bond acceptors (Lipinski definition) is 8. The minimum atomic E-state index is -4.96. The van der Waals surface area contributed by atoms with Gasteiger partial charge in [-0.1, -0.05) is 0 Å². The third kappa shape index (κ3) is 4.98. The Morgan fingerprint density at radius 3 is 2.58 bits per heavy atom. The number of rotatable bonds is 4. The van der Waals surface area contributed by atoms with Crippen LogP contribution in [0.25, 0.3) is 22.3 Å². The molecule has 4 aromatic rings. The van der Waals surface area contributed by atoms with Crippen LogP contribution < -0.4 is 10.3 Å². The maximum Gasteiger partial charge on any atom is 0.449 e. The Morgan fingerprint density at radius 2 is 1.90 bits per heavy atom. The van der Waals surface area contributed by atoms with Gasteiger partial charge in [0, 0.05) is 30.8 Å². The average molecular weight is 555 g/mol. The molecule has 5 rings (SSSR count). The Kier molecular flexibility index (Phi) is 6.97. The van der Waals surface area contributed by atoms with E-state index in [9.17, 15) is 18.0 Å². The summed E-state index contributed by atoms with van der Waals surface area (Å²) in [5, 5.41) is 9.13. The lowest BCUT2D eigenvalue weighted by molar-refractivity contribution is -0.147. The molecule has 0 bridgehead atoms. The predicted octanol–water partition coefficient (Wildman–Crippen LogP) is 4.85. The van der Waals surface area contributed by atoms with Crippen LogP contribution in [0.15, 0.2) is 41.3 Å². The van der Waals surface area contributed by atoms with E-state index in [-0.39, 0.29) is 34.3 Å². The summed E-state index contributed by atoms with van der Waals surface area (Å²) in [6.07, 6.45) is -3.27. The van der Waals surface area contributed by atoms with Gasteiger partial charge in [-0.05, 0) is 49.6 Å². The SMILES string of the molecule is COc1cc(C2CC(c3nc(-c4ccc(C#N)cc4F)c4nc(C(F)(F)F)n(C)c(=O)c4n3)CC(C)O2)ccn1. The molecule has 0 aliphatic carbocycles. The second-order valence-electron chi connectivity index (χ2n) is 9.47. The molecule has 3 atom stereocenters. The molecule has 1 aliphatic rings. The van der Waals surface area contributed by atoms with Gasteiger partial charge in [-0.15, -0.1) is 0 Å². The second kappa shape index (κ2) is 10.3. The molecule has 1 saturated heterocycles. The summed E-state index contributed by atoms with van der Waals surface area (Å²) in [7, 11) is 2.44. The largest absolute Gasteiger partial charge is 0.481 e. The first-order valence-corrected chi connectivity index (χ1v) is 12.2. The van der Waals surface area contributed by atoms with E-state index in [2.05, 4.69) is 19.9 Å². The number of hydrogen-bond donors (Lipinski definition) is 0. The number of fused-ring (bicyclic) bond motifs is 1. The van der Waals surface area contributed by atoms with Crippen LogP contribution in [0, 0.1) is 17.1 Å². The number of pyridine rings is 1. The number of ether oxygens (including phenoxy) is 2. The normalized spacial score (nSPS) is 19.4.